The molecule has 33 heavy (non-hydrogen) atoms. The normalized spacial score (nSPS) is 22.0. The number of rotatable bonds is 5. The number of benzene rings is 1. The Balaban J connectivity index is 1.30. The smallest absolute Gasteiger partial charge is 0.262 e. The fraction of sp³-hybridized carbons (Fsp3) is 0.583. The van der Waals surface area contributed by atoms with E-state index in [1.807, 2.05) is 4.90 Å². The molecule has 9 heteroatoms. The Morgan fingerprint density at radius 2 is 1.85 bits per heavy atom. The maximum atomic E-state index is 13.0. The molecule has 178 valence electrons. The molecule has 0 bridgehead atoms. The second kappa shape index (κ2) is 10.7. The summed E-state index contributed by atoms with van der Waals surface area (Å²) in [6, 6.07) is 7.56. The summed E-state index contributed by atoms with van der Waals surface area (Å²) < 4.78 is 0. The molecule has 3 aliphatic rings. The first-order valence-electron chi connectivity index (χ1n) is 11.8. The lowest BCUT2D eigenvalue weighted by atomic mass is 10.0. The molecule has 1 unspecified atom stereocenters. The number of aliphatic imine (C=N–C) groups is 1. The molecule has 2 fully saturated rings. The molecule has 0 aliphatic carbocycles. The van der Waals surface area contributed by atoms with Crippen LogP contribution in [0.15, 0.2) is 29.3 Å². The first-order chi connectivity index (χ1) is 15.9. The Kier molecular flexibility index (Phi) is 7.70. The monoisotopic (exact) mass is 471 g/mol. The number of nitrogens with zero attached hydrogens (tertiary/aromatic N) is 4. The predicted molar refractivity (Wildman–Crippen MR) is 132 cm³/mol. The first kappa shape index (κ1) is 23.8. The number of piperidine rings is 2. The van der Waals surface area contributed by atoms with Crippen LogP contribution >= 0.6 is 11.8 Å². The highest BCUT2D eigenvalue weighted by molar-refractivity contribution is 8.15. The molecule has 1 aromatic rings. The van der Waals surface area contributed by atoms with Gasteiger partial charge in [-0.15, -0.1) is 0 Å². The van der Waals surface area contributed by atoms with Gasteiger partial charge in [-0.1, -0.05) is 17.8 Å². The number of carbonyl (C=O) groups is 3. The largest absolute Gasteiger partial charge is 0.351 e. The van der Waals surface area contributed by atoms with Crippen LogP contribution in [0.25, 0.3) is 0 Å². The fourth-order valence-electron chi connectivity index (χ4n) is 4.61. The van der Waals surface area contributed by atoms with Crippen molar-refractivity contribution in [2.24, 2.45) is 4.99 Å². The Morgan fingerprint density at radius 3 is 2.55 bits per heavy atom. The molecule has 0 radical (unpaired) electrons. The molecule has 0 spiro atoms. The molecule has 1 atom stereocenters. The molecule has 3 aliphatic heterocycles. The highest BCUT2D eigenvalue weighted by Crippen LogP contribution is 2.29. The van der Waals surface area contributed by atoms with Crippen LogP contribution in [0.1, 0.15) is 48.9 Å². The summed E-state index contributed by atoms with van der Waals surface area (Å²) >= 11 is 1.39. The quantitative estimate of drug-likeness (QED) is 0.711. The van der Waals surface area contributed by atoms with Gasteiger partial charge in [-0.05, 0) is 64.4 Å². The molecule has 3 amide bonds. The van der Waals surface area contributed by atoms with Gasteiger partial charge in [-0.25, -0.2) is 0 Å². The highest BCUT2D eigenvalue weighted by Gasteiger charge is 2.33. The Bertz CT molecular complexity index is 920. The Hall–Kier alpha value is -2.39. The standard InChI is InChI=1S/C24H33N5O3S/c1-27(2)19-9-13-28(14-10-19)23(32)17-7-6-8-18(15-17)25-21(30)16-20-22(31)26-24(33-20)29-11-4-3-5-12-29/h6-8,15,19-20H,3-5,9-14,16H2,1-2H3,(H,25,30). The van der Waals surface area contributed by atoms with Crippen molar-refractivity contribution in [3.8, 4) is 0 Å². The second-order valence-electron chi connectivity index (χ2n) is 9.21. The van der Waals surface area contributed by atoms with Crippen molar-refractivity contribution < 1.29 is 14.4 Å². The van der Waals surface area contributed by atoms with Crippen molar-refractivity contribution >= 4 is 40.3 Å². The summed E-state index contributed by atoms with van der Waals surface area (Å²) in [5, 5.41) is 3.13. The van der Waals surface area contributed by atoms with Gasteiger partial charge < -0.3 is 20.0 Å². The molecule has 0 aromatic heterocycles. The van der Waals surface area contributed by atoms with E-state index in [0.29, 0.717) is 17.3 Å². The topological polar surface area (TPSA) is 85.3 Å². The second-order valence-corrected chi connectivity index (χ2v) is 10.4. The summed E-state index contributed by atoms with van der Waals surface area (Å²) in [7, 11) is 4.15. The first-order valence-corrected chi connectivity index (χ1v) is 12.7. The molecule has 1 aromatic carbocycles. The van der Waals surface area contributed by atoms with Crippen LogP contribution in [0, 0.1) is 0 Å². The van der Waals surface area contributed by atoms with Gasteiger partial charge >= 0.3 is 0 Å². The minimum Gasteiger partial charge on any atom is -0.351 e. The van der Waals surface area contributed by atoms with Crippen LogP contribution < -0.4 is 5.32 Å². The van der Waals surface area contributed by atoms with Crippen molar-refractivity contribution in [1.82, 2.24) is 14.7 Å². The van der Waals surface area contributed by atoms with Gasteiger partial charge in [-0.2, -0.15) is 4.99 Å². The molecular formula is C24H33N5O3S. The number of hydrogen-bond acceptors (Lipinski definition) is 6. The van der Waals surface area contributed by atoms with Gasteiger partial charge in [0.25, 0.3) is 11.8 Å². The third-order valence-corrected chi connectivity index (χ3v) is 7.81. The summed E-state index contributed by atoms with van der Waals surface area (Å²) in [4.78, 5) is 48.4. The fourth-order valence-corrected chi connectivity index (χ4v) is 5.73. The lowest BCUT2D eigenvalue weighted by molar-refractivity contribution is -0.121. The van der Waals surface area contributed by atoms with Crippen LogP contribution in [0.4, 0.5) is 5.69 Å². The number of hydrogen-bond donors (Lipinski definition) is 1. The molecule has 0 saturated carbocycles. The van der Waals surface area contributed by atoms with E-state index < -0.39 is 5.25 Å². The van der Waals surface area contributed by atoms with E-state index in [9.17, 15) is 14.4 Å². The van der Waals surface area contributed by atoms with Crippen molar-refractivity contribution in [2.45, 2.75) is 49.8 Å². The molecule has 2 saturated heterocycles. The van der Waals surface area contributed by atoms with E-state index >= 15 is 0 Å². The molecule has 8 nitrogen and oxygen atoms in total. The van der Waals surface area contributed by atoms with Crippen LogP contribution in [-0.4, -0.2) is 89.2 Å². The van der Waals surface area contributed by atoms with Gasteiger partial charge in [-0.3, -0.25) is 14.4 Å². The van der Waals surface area contributed by atoms with E-state index in [-0.39, 0.29) is 24.1 Å². The molecular weight excluding hydrogens is 438 g/mol. The number of nitrogens with one attached hydrogen (secondary N) is 1. The van der Waals surface area contributed by atoms with E-state index in [0.717, 1.165) is 57.0 Å². The number of amidine groups is 1. The van der Waals surface area contributed by atoms with E-state index in [2.05, 4.69) is 34.2 Å². The number of carbonyl (C=O) groups excluding carboxylic acids is 3. The minimum absolute atomic E-state index is 0.00981. The summed E-state index contributed by atoms with van der Waals surface area (Å²) in [6.07, 6.45) is 5.43. The number of likely N-dealkylation sites (tertiary alicyclic amines) is 2. The van der Waals surface area contributed by atoms with Crippen molar-refractivity contribution in [3.05, 3.63) is 29.8 Å². The zero-order valence-electron chi connectivity index (χ0n) is 19.5. The number of anilines is 1. The Morgan fingerprint density at radius 1 is 1.12 bits per heavy atom. The van der Waals surface area contributed by atoms with Gasteiger partial charge in [0.15, 0.2) is 5.17 Å². The lowest BCUT2D eigenvalue weighted by Gasteiger charge is -2.35. The molecule has 4 rings (SSSR count). The van der Waals surface area contributed by atoms with Crippen LogP contribution in [0.2, 0.25) is 0 Å². The van der Waals surface area contributed by atoms with Crippen LogP contribution in [0.5, 0.6) is 0 Å². The maximum Gasteiger partial charge on any atom is 0.262 e. The molecule has 3 heterocycles. The van der Waals surface area contributed by atoms with E-state index in [1.54, 1.807) is 24.3 Å². The zero-order valence-corrected chi connectivity index (χ0v) is 20.3. The van der Waals surface area contributed by atoms with E-state index in [4.69, 9.17) is 0 Å². The highest BCUT2D eigenvalue weighted by atomic mass is 32.2. The average molecular weight is 472 g/mol. The van der Waals surface area contributed by atoms with E-state index in [1.165, 1.54) is 18.2 Å². The average Bonchev–Trinajstić information content (AvgIpc) is 3.19. The van der Waals surface area contributed by atoms with Crippen molar-refractivity contribution in [1.29, 1.82) is 0 Å². The number of thioether (sulfide) groups is 1. The molecule has 1 N–H and O–H groups in total. The maximum absolute atomic E-state index is 13.0. The summed E-state index contributed by atoms with van der Waals surface area (Å²) in [5.41, 5.74) is 1.14. The summed E-state index contributed by atoms with van der Waals surface area (Å²) in [6.45, 7) is 3.31. The van der Waals surface area contributed by atoms with Crippen molar-refractivity contribution in [3.63, 3.8) is 0 Å². The van der Waals surface area contributed by atoms with Crippen LogP contribution in [0.3, 0.4) is 0 Å². The predicted octanol–water partition coefficient (Wildman–Crippen LogP) is 2.67. The third kappa shape index (κ3) is 5.95. The lowest BCUT2D eigenvalue weighted by Crippen LogP contribution is -2.44. The SMILES string of the molecule is CN(C)C1CCN(C(=O)c2cccc(NC(=O)CC3SC(N4CCCCC4)=NC3=O)c2)CC1. The van der Waals surface area contributed by atoms with Gasteiger partial charge in [0.1, 0.15) is 5.25 Å². The minimum atomic E-state index is -0.482. The van der Waals surface area contributed by atoms with Gasteiger partial charge in [0.2, 0.25) is 5.91 Å². The van der Waals surface area contributed by atoms with Gasteiger partial charge in [0.05, 0.1) is 0 Å². The van der Waals surface area contributed by atoms with Crippen molar-refractivity contribution in [2.75, 3.05) is 45.6 Å². The van der Waals surface area contributed by atoms with Crippen LogP contribution in [-0.2, 0) is 9.59 Å². The third-order valence-electron chi connectivity index (χ3n) is 6.60. The summed E-state index contributed by atoms with van der Waals surface area (Å²) in [5.74, 6) is -0.488. The Labute approximate surface area is 199 Å². The number of amides is 3. The zero-order chi connectivity index (χ0) is 23.4. The van der Waals surface area contributed by atoms with Gasteiger partial charge in [0, 0.05) is 49.9 Å².